The quantitative estimate of drug-likeness (QED) is 0.785. The molecule has 4 nitrogen and oxygen atoms in total. The van der Waals surface area contributed by atoms with E-state index in [9.17, 15) is 8.42 Å². The predicted octanol–water partition coefficient (Wildman–Crippen LogP) is 1.63. The maximum Gasteiger partial charge on any atom is 0.208 e. The SMILES string of the molecule is CS(=O)(=O)NCCNCc1ccc(Cl)c(Cl)c1. The van der Waals surface area contributed by atoms with E-state index in [4.69, 9.17) is 23.2 Å². The van der Waals surface area contributed by atoms with Crippen LogP contribution in [0.5, 0.6) is 0 Å². The minimum Gasteiger partial charge on any atom is -0.311 e. The number of nitrogens with one attached hydrogen (secondary N) is 2. The van der Waals surface area contributed by atoms with Gasteiger partial charge in [0.1, 0.15) is 0 Å². The van der Waals surface area contributed by atoms with Crippen molar-refractivity contribution in [2.24, 2.45) is 0 Å². The van der Waals surface area contributed by atoms with Crippen molar-refractivity contribution < 1.29 is 8.42 Å². The predicted molar refractivity (Wildman–Crippen MR) is 71.0 cm³/mol. The highest BCUT2D eigenvalue weighted by atomic mass is 35.5. The molecule has 0 saturated heterocycles. The average molecular weight is 297 g/mol. The smallest absolute Gasteiger partial charge is 0.208 e. The first-order chi connectivity index (χ1) is 7.88. The second-order valence-corrected chi connectivity index (χ2v) is 6.24. The van der Waals surface area contributed by atoms with Crippen molar-refractivity contribution in [3.63, 3.8) is 0 Å². The molecule has 1 aromatic rings. The molecule has 0 fully saturated rings. The molecule has 1 rings (SSSR count). The number of halogens is 2. The Morgan fingerprint density at radius 1 is 1.18 bits per heavy atom. The van der Waals surface area contributed by atoms with E-state index in [1.54, 1.807) is 12.1 Å². The number of rotatable bonds is 6. The van der Waals surface area contributed by atoms with Crippen LogP contribution in [0.3, 0.4) is 0 Å². The zero-order chi connectivity index (χ0) is 12.9. The van der Waals surface area contributed by atoms with Crippen molar-refractivity contribution in [2.45, 2.75) is 6.54 Å². The third kappa shape index (κ3) is 6.24. The van der Waals surface area contributed by atoms with Gasteiger partial charge in [0, 0.05) is 19.6 Å². The summed E-state index contributed by atoms with van der Waals surface area (Å²) in [5.74, 6) is 0. The molecule has 0 spiro atoms. The lowest BCUT2D eigenvalue weighted by Crippen LogP contribution is -2.30. The Morgan fingerprint density at radius 2 is 1.88 bits per heavy atom. The minimum atomic E-state index is -3.11. The van der Waals surface area contributed by atoms with Crippen LogP contribution in [-0.4, -0.2) is 27.8 Å². The summed E-state index contributed by atoms with van der Waals surface area (Å²) in [5, 5.41) is 4.13. The van der Waals surface area contributed by atoms with E-state index < -0.39 is 10.0 Å². The summed E-state index contributed by atoms with van der Waals surface area (Å²) < 4.78 is 23.9. The molecule has 0 aromatic heterocycles. The molecule has 0 bridgehead atoms. The van der Waals surface area contributed by atoms with Crippen LogP contribution in [0.25, 0.3) is 0 Å². The largest absolute Gasteiger partial charge is 0.311 e. The van der Waals surface area contributed by atoms with E-state index in [-0.39, 0.29) is 0 Å². The van der Waals surface area contributed by atoms with Gasteiger partial charge in [-0.2, -0.15) is 0 Å². The van der Waals surface area contributed by atoms with Gasteiger partial charge in [-0.1, -0.05) is 29.3 Å². The Labute approximate surface area is 111 Å². The summed E-state index contributed by atoms with van der Waals surface area (Å²) in [6.07, 6.45) is 1.13. The second kappa shape index (κ2) is 6.56. The van der Waals surface area contributed by atoms with Crippen molar-refractivity contribution in [3.8, 4) is 0 Å². The lowest BCUT2D eigenvalue weighted by molar-refractivity contribution is 0.582. The molecule has 7 heteroatoms. The van der Waals surface area contributed by atoms with Crippen molar-refractivity contribution >= 4 is 33.2 Å². The number of benzene rings is 1. The Bertz CT molecular complexity index is 477. The first-order valence-electron chi connectivity index (χ1n) is 4.98. The van der Waals surface area contributed by atoms with Gasteiger partial charge in [0.25, 0.3) is 0 Å². The van der Waals surface area contributed by atoms with Crippen molar-refractivity contribution in [1.29, 1.82) is 0 Å². The highest BCUT2D eigenvalue weighted by Crippen LogP contribution is 2.22. The van der Waals surface area contributed by atoms with E-state index >= 15 is 0 Å². The molecule has 0 heterocycles. The van der Waals surface area contributed by atoms with E-state index in [0.717, 1.165) is 11.8 Å². The van der Waals surface area contributed by atoms with Crippen LogP contribution in [0, 0.1) is 0 Å². The van der Waals surface area contributed by atoms with Gasteiger partial charge < -0.3 is 5.32 Å². The highest BCUT2D eigenvalue weighted by molar-refractivity contribution is 7.88. The van der Waals surface area contributed by atoms with Gasteiger partial charge >= 0.3 is 0 Å². The number of hydrogen-bond donors (Lipinski definition) is 2. The fraction of sp³-hybridized carbons (Fsp3) is 0.400. The van der Waals surface area contributed by atoms with E-state index in [1.165, 1.54) is 0 Å². The van der Waals surface area contributed by atoms with Crippen LogP contribution in [0.15, 0.2) is 18.2 Å². The average Bonchev–Trinajstić information content (AvgIpc) is 2.21. The molecule has 17 heavy (non-hydrogen) atoms. The third-order valence-corrected chi connectivity index (χ3v) is 3.45. The second-order valence-electron chi connectivity index (χ2n) is 3.59. The normalized spacial score (nSPS) is 11.7. The lowest BCUT2D eigenvalue weighted by Gasteiger charge is -2.06. The maximum atomic E-state index is 10.8. The molecular formula is C10H14Cl2N2O2S. The van der Waals surface area contributed by atoms with Crippen LogP contribution < -0.4 is 10.0 Å². The van der Waals surface area contributed by atoms with Crippen molar-refractivity contribution in [2.75, 3.05) is 19.3 Å². The molecular weight excluding hydrogens is 283 g/mol. The van der Waals surface area contributed by atoms with Crippen molar-refractivity contribution in [1.82, 2.24) is 10.0 Å². The van der Waals surface area contributed by atoms with Crippen LogP contribution in [0.4, 0.5) is 0 Å². The highest BCUT2D eigenvalue weighted by Gasteiger charge is 2.00. The molecule has 2 N–H and O–H groups in total. The zero-order valence-corrected chi connectivity index (χ0v) is 11.7. The fourth-order valence-electron chi connectivity index (χ4n) is 1.21. The molecule has 0 saturated carbocycles. The first kappa shape index (κ1) is 14.7. The standard InChI is InChI=1S/C10H14Cl2N2O2S/c1-17(15,16)14-5-4-13-7-8-2-3-9(11)10(12)6-8/h2-3,6,13-14H,4-5,7H2,1H3. The summed E-state index contributed by atoms with van der Waals surface area (Å²) in [5.41, 5.74) is 0.999. The molecule has 0 unspecified atom stereocenters. The van der Waals surface area contributed by atoms with E-state index in [0.29, 0.717) is 29.7 Å². The molecule has 1 aromatic carbocycles. The van der Waals surface area contributed by atoms with E-state index in [2.05, 4.69) is 10.0 Å². The molecule has 0 aliphatic carbocycles. The Morgan fingerprint density at radius 3 is 2.47 bits per heavy atom. The van der Waals surface area contributed by atoms with Crippen LogP contribution >= 0.6 is 23.2 Å². The molecule has 0 amide bonds. The van der Waals surface area contributed by atoms with Gasteiger partial charge in [-0.05, 0) is 17.7 Å². The zero-order valence-electron chi connectivity index (χ0n) is 9.33. The Balaban J connectivity index is 2.29. The summed E-state index contributed by atoms with van der Waals surface area (Å²) >= 11 is 11.6. The molecule has 0 atom stereocenters. The Kier molecular flexibility index (Phi) is 5.69. The lowest BCUT2D eigenvalue weighted by atomic mass is 10.2. The van der Waals surface area contributed by atoms with Crippen LogP contribution in [-0.2, 0) is 16.6 Å². The summed E-state index contributed by atoms with van der Waals surface area (Å²) in [6, 6.07) is 5.38. The summed E-state index contributed by atoms with van der Waals surface area (Å²) in [6.45, 7) is 1.52. The molecule has 0 aliphatic rings. The van der Waals surface area contributed by atoms with Gasteiger partial charge in [-0.3, -0.25) is 0 Å². The number of sulfonamides is 1. The van der Waals surface area contributed by atoms with E-state index in [1.807, 2.05) is 6.07 Å². The van der Waals surface area contributed by atoms with Crippen molar-refractivity contribution in [3.05, 3.63) is 33.8 Å². The fourth-order valence-corrected chi connectivity index (χ4v) is 2.00. The van der Waals surface area contributed by atoms with Gasteiger partial charge in [-0.15, -0.1) is 0 Å². The van der Waals surface area contributed by atoms with Crippen LogP contribution in [0.2, 0.25) is 10.0 Å². The van der Waals surface area contributed by atoms with Crippen LogP contribution in [0.1, 0.15) is 5.56 Å². The van der Waals surface area contributed by atoms with Gasteiger partial charge in [0.2, 0.25) is 10.0 Å². The van der Waals surface area contributed by atoms with Gasteiger partial charge in [-0.25, -0.2) is 13.1 Å². The third-order valence-electron chi connectivity index (χ3n) is 1.98. The molecule has 0 radical (unpaired) electrons. The monoisotopic (exact) mass is 296 g/mol. The molecule has 0 aliphatic heterocycles. The first-order valence-corrected chi connectivity index (χ1v) is 7.62. The summed E-state index contributed by atoms with van der Waals surface area (Å²) in [7, 11) is -3.11. The maximum absolute atomic E-state index is 10.8. The Hall–Kier alpha value is -0.330. The number of hydrogen-bond acceptors (Lipinski definition) is 3. The molecule has 96 valence electrons. The summed E-state index contributed by atoms with van der Waals surface area (Å²) in [4.78, 5) is 0. The van der Waals surface area contributed by atoms with Gasteiger partial charge in [0.05, 0.1) is 16.3 Å². The van der Waals surface area contributed by atoms with Gasteiger partial charge in [0.15, 0.2) is 0 Å². The minimum absolute atomic E-state index is 0.361. The topological polar surface area (TPSA) is 58.2 Å².